The molecule has 2 rings (SSSR count). The molecule has 0 saturated carbocycles. The number of rotatable bonds is 5. The Bertz CT molecular complexity index is 686. The maximum Gasteiger partial charge on any atom is 0.339 e. The van der Waals surface area contributed by atoms with Crippen LogP contribution in [0.2, 0.25) is 0 Å². The summed E-state index contributed by atoms with van der Waals surface area (Å²) in [7, 11) is -2.30. The molecular weight excluding hydrogens is 288 g/mol. The fourth-order valence-electron chi connectivity index (χ4n) is 1.83. The van der Waals surface area contributed by atoms with Crippen LogP contribution in [0.4, 0.5) is 0 Å². The van der Waals surface area contributed by atoms with Gasteiger partial charge in [0.1, 0.15) is 16.4 Å². The van der Waals surface area contributed by atoms with Gasteiger partial charge < -0.3 is 8.92 Å². The van der Waals surface area contributed by atoms with Crippen LogP contribution in [0.5, 0.6) is 11.5 Å². The average Bonchev–Trinajstić information content (AvgIpc) is 2.47. The van der Waals surface area contributed by atoms with Crippen molar-refractivity contribution in [1.29, 1.82) is 0 Å². The van der Waals surface area contributed by atoms with Gasteiger partial charge in [0, 0.05) is 0 Å². The lowest BCUT2D eigenvalue weighted by molar-refractivity contribution is 0.414. The lowest BCUT2D eigenvalue weighted by Gasteiger charge is -2.09. The van der Waals surface area contributed by atoms with Crippen LogP contribution >= 0.6 is 0 Å². The standard InChI is InChI=1S/C16H18O4S/c1-12(2)13-4-6-15(7-5-13)20-21(17,18)16-10-8-14(19-3)9-11-16/h4-12H,1-3H3. The smallest absolute Gasteiger partial charge is 0.339 e. The normalized spacial score (nSPS) is 11.4. The van der Waals surface area contributed by atoms with E-state index >= 15 is 0 Å². The summed E-state index contributed by atoms with van der Waals surface area (Å²) in [6, 6.07) is 13.1. The minimum atomic E-state index is -3.83. The summed E-state index contributed by atoms with van der Waals surface area (Å²) >= 11 is 0. The van der Waals surface area contributed by atoms with E-state index in [1.807, 2.05) is 12.1 Å². The molecule has 0 aliphatic carbocycles. The summed E-state index contributed by atoms with van der Waals surface area (Å²) < 4.78 is 34.4. The first-order valence-corrected chi connectivity index (χ1v) is 8.01. The molecule has 0 fully saturated rings. The Labute approximate surface area is 125 Å². The number of hydrogen-bond acceptors (Lipinski definition) is 4. The number of ether oxygens (including phenoxy) is 1. The molecule has 2 aromatic rings. The molecule has 0 atom stereocenters. The molecular formula is C16H18O4S. The highest BCUT2D eigenvalue weighted by atomic mass is 32.2. The summed E-state index contributed by atoms with van der Waals surface area (Å²) in [5.74, 6) is 1.28. The van der Waals surface area contributed by atoms with Gasteiger partial charge in [0.05, 0.1) is 7.11 Å². The molecule has 0 aliphatic rings. The monoisotopic (exact) mass is 306 g/mol. The molecule has 0 radical (unpaired) electrons. The SMILES string of the molecule is COc1ccc(S(=O)(=O)Oc2ccc(C(C)C)cc2)cc1. The first kappa shape index (κ1) is 15.4. The van der Waals surface area contributed by atoms with E-state index in [1.54, 1.807) is 24.3 Å². The van der Waals surface area contributed by atoms with Crippen LogP contribution in [0, 0.1) is 0 Å². The topological polar surface area (TPSA) is 52.6 Å². The van der Waals surface area contributed by atoms with Crippen molar-refractivity contribution in [2.45, 2.75) is 24.7 Å². The van der Waals surface area contributed by atoms with Crippen molar-refractivity contribution in [2.75, 3.05) is 7.11 Å². The molecule has 0 aliphatic heterocycles. The van der Waals surface area contributed by atoms with Crippen LogP contribution < -0.4 is 8.92 Å². The van der Waals surface area contributed by atoms with Gasteiger partial charge in [-0.2, -0.15) is 8.42 Å². The fourth-order valence-corrected chi connectivity index (χ4v) is 2.76. The Morgan fingerprint density at radius 2 is 1.38 bits per heavy atom. The second kappa shape index (κ2) is 6.18. The van der Waals surface area contributed by atoms with Gasteiger partial charge in [-0.15, -0.1) is 0 Å². The van der Waals surface area contributed by atoms with E-state index in [-0.39, 0.29) is 4.90 Å². The summed E-state index contributed by atoms with van der Waals surface area (Å²) in [4.78, 5) is 0.0937. The highest BCUT2D eigenvalue weighted by Gasteiger charge is 2.16. The third kappa shape index (κ3) is 3.76. The minimum absolute atomic E-state index is 0.0937. The molecule has 0 aromatic heterocycles. The second-order valence-electron chi connectivity index (χ2n) is 4.94. The Hall–Kier alpha value is -2.01. The molecule has 4 nitrogen and oxygen atoms in total. The van der Waals surface area contributed by atoms with E-state index in [9.17, 15) is 8.42 Å². The lowest BCUT2D eigenvalue weighted by atomic mass is 10.0. The van der Waals surface area contributed by atoms with Crippen molar-refractivity contribution < 1.29 is 17.3 Å². The lowest BCUT2D eigenvalue weighted by Crippen LogP contribution is -2.09. The Morgan fingerprint density at radius 3 is 1.86 bits per heavy atom. The third-order valence-electron chi connectivity index (χ3n) is 3.10. The zero-order chi connectivity index (χ0) is 15.5. The van der Waals surface area contributed by atoms with E-state index in [0.29, 0.717) is 17.4 Å². The van der Waals surface area contributed by atoms with Crippen molar-refractivity contribution in [1.82, 2.24) is 0 Å². The molecule has 0 N–H and O–H groups in total. The van der Waals surface area contributed by atoms with E-state index in [0.717, 1.165) is 5.56 Å². The predicted molar refractivity (Wildman–Crippen MR) is 81.3 cm³/mol. The van der Waals surface area contributed by atoms with Crippen LogP contribution in [0.25, 0.3) is 0 Å². The Kier molecular flexibility index (Phi) is 4.53. The van der Waals surface area contributed by atoms with Gasteiger partial charge >= 0.3 is 10.1 Å². The maximum atomic E-state index is 12.2. The summed E-state index contributed by atoms with van der Waals surface area (Å²) in [5, 5.41) is 0. The molecule has 112 valence electrons. The van der Waals surface area contributed by atoms with E-state index in [4.69, 9.17) is 8.92 Å². The van der Waals surface area contributed by atoms with Gasteiger partial charge in [0.2, 0.25) is 0 Å². The van der Waals surface area contributed by atoms with Crippen molar-refractivity contribution in [3.05, 3.63) is 54.1 Å². The molecule has 5 heteroatoms. The average molecular weight is 306 g/mol. The van der Waals surface area contributed by atoms with Crippen LogP contribution in [0.15, 0.2) is 53.4 Å². The number of methoxy groups -OCH3 is 1. The zero-order valence-electron chi connectivity index (χ0n) is 12.2. The van der Waals surface area contributed by atoms with Crippen molar-refractivity contribution in [3.8, 4) is 11.5 Å². The first-order valence-electron chi connectivity index (χ1n) is 6.61. The van der Waals surface area contributed by atoms with Crippen molar-refractivity contribution in [2.24, 2.45) is 0 Å². The zero-order valence-corrected chi connectivity index (χ0v) is 13.1. The van der Waals surface area contributed by atoms with Crippen LogP contribution in [-0.2, 0) is 10.1 Å². The first-order chi connectivity index (χ1) is 9.92. The molecule has 0 unspecified atom stereocenters. The van der Waals surface area contributed by atoms with Crippen LogP contribution in [0.3, 0.4) is 0 Å². The quantitative estimate of drug-likeness (QED) is 0.792. The number of benzene rings is 2. The van der Waals surface area contributed by atoms with Gasteiger partial charge in [0.15, 0.2) is 0 Å². The molecule has 21 heavy (non-hydrogen) atoms. The Morgan fingerprint density at radius 1 is 0.857 bits per heavy atom. The molecule has 0 spiro atoms. The van der Waals surface area contributed by atoms with Gasteiger partial charge in [-0.05, 0) is 47.9 Å². The summed E-state index contributed by atoms with van der Waals surface area (Å²) in [5.41, 5.74) is 1.13. The molecule has 0 saturated heterocycles. The van der Waals surface area contributed by atoms with Gasteiger partial charge in [0.25, 0.3) is 0 Å². The predicted octanol–water partition coefficient (Wildman–Crippen LogP) is 3.59. The molecule has 0 bridgehead atoms. The van der Waals surface area contributed by atoms with Crippen molar-refractivity contribution in [3.63, 3.8) is 0 Å². The molecule has 2 aromatic carbocycles. The highest BCUT2D eigenvalue weighted by Crippen LogP contribution is 2.23. The van der Waals surface area contributed by atoms with Crippen LogP contribution in [-0.4, -0.2) is 15.5 Å². The molecule has 0 amide bonds. The van der Waals surface area contributed by atoms with Crippen molar-refractivity contribution >= 4 is 10.1 Å². The summed E-state index contributed by atoms with van der Waals surface area (Å²) in [6.07, 6.45) is 0. The fraction of sp³-hybridized carbons (Fsp3) is 0.250. The summed E-state index contributed by atoms with van der Waals surface area (Å²) in [6.45, 7) is 4.15. The highest BCUT2D eigenvalue weighted by molar-refractivity contribution is 7.87. The van der Waals surface area contributed by atoms with Gasteiger partial charge in [-0.25, -0.2) is 0 Å². The van der Waals surface area contributed by atoms with E-state index < -0.39 is 10.1 Å². The maximum absolute atomic E-state index is 12.2. The third-order valence-corrected chi connectivity index (χ3v) is 4.36. The van der Waals surface area contributed by atoms with Crippen LogP contribution in [0.1, 0.15) is 25.3 Å². The van der Waals surface area contributed by atoms with Gasteiger partial charge in [-0.1, -0.05) is 26.0 Å². The van der Waals surface area contributed by atoms with E-state index in [2.05, 4.69) is 13.8 Å². The second-order valence-corrected chi connectivity index (χ2v) is 6.48. The van der Waals surface area contributed by atoms with Gasteiger partial charge in [-0.3, -0.25) is 0 Å². The Balaban J connectivity index is 2.19. The van der Waals surface area contributed by atoms with E-state index in [1.165, 1.54) is 19.2 Å². The molecule has 0 heterocycles. The number of hydrogen-bond donors (Lipinski definition) is 0. The minimum Gasteiger partial charge on any atom is -0.497 e. The largest absolute Gasteiger partial charge is 0.497 e.